The van der Waals surface area contributed by atoms with Crippen molar-refractivity contribution in [1.82, 2.24) is 15.5 Å². The van der Waals surface area contributed by atoms with Gasteiger partial charge in [-0.1, -0.05) is 19.0 Å². The second-order valence-electron chi connectivity index (χ2n) is 4.60. The Labute approximate surface area is 95.6 Å². The highest BCUT2D eigenvalue weighted by Crippen LogP contribution is 2.23. The fourth-order valence-electron chi connectivity index (χ4n) is 1.65. The van der Waals surface area contributed by atoms with Gasteiger partial charge in [0.15, 0.2) is 0 Å². The lowest BCUT2D eigenvalue weighted by atomic mass is 10.1. The summed E-state index contributed by atoms with van der Waals surface area (Å²) in [5, 5.41) is 7.29. The SMILES string of the molecule is COC(c1noc(CNC2CC2)n1)C(C)C. The molecule has 0 amide bonds. The van der Waals surface area contributed by atoms with Gasteiger partial charge in [-0.3, -0.25) is 0 Å². The van der Waals surface area contributed by atoms with E-state index in [1.165, 1.54) is 12.8 Å². The Morgan fingerprint density at radius 2 is 2.25 bits per heavy atom. The number of rotatable bonds is 6. The van der Waals surface area contributed by atoms with Gasteiger partial charge in [0.1, 0.15) is 6.10 Å². The number of methoxy groups -OCH3 is 1. The first kappa shape index (κ1) is 11.5. The van der Waals surface area contributed by atoms with E-state index in [-0.39, 0.29) is 6.10 Å². The Hall–Kier alpha value is -0.940. The Morgan fingerprint density at radius 1 is 1.50 bits per heavy atom. The van der Waals surface area contributed by atoms with Gasteiger partial charge < -0.3 is 14.6 Å². The standard InChI is InChI=1S/C11H19N3O2/c1-7(2)10(15-3)11-13-9(16-14-11)6-12-8-4-5-8/h7-8,10,12H,4-6H2,1-3H3. The lowest BCUT2D eigenvalue weighted by Gasteiger charge is -2.14. The van der Waals surface area contributed by atoms with Gasteiger partial charge in [-0.15, -0.1) is 0 Å². The van der Waals surface area contributed by atoms with Gasteiger partial charge in [-0.05, 0) is 18.8 Å². The molecule has 1 aromatic rings. The van der Waals surface area contributed by atoms with Crippen molar-refractivity contribution in [1.29, 1.82) is 0 Å². The second kappa shape index (κ2) is 4.93. The molecule has 1 atom stereocenters. The third-order valence-corrected chi connectivity index (χ3v) is 2.72. The van der Waals surface area contributed by atoms with Crippen LogP contribution in [0.15, 0.2) is 4.52 Å². The van der Waals surface area contributed by atoms with Crippen LogP contribution in [-0.4, -0.2) is 23.3 Å². The third-order valence-electron chi connectivity index (χ3n) is 2.72. The first-order valence-corrected chi connectivity index (χ1v) is 5.79. The number of nitrogens with zero attached hydrogens (tertiary/aromatic N) is 2. The topological polar surface area (TPSA) is 60.2 Å². The largest absolute Gasteiger partial charge is 0.373 e. The molecule has 0 spiro atoms. The van der Waals surface area contributed by atoms with Crippen LogP contribution in [0.5, 0.6) is 0 Å². The highest BCUT2D eigenvalue weighted by atomic mass is 16.5. The summed E-state index contributed by atoms with van der Waals surface area (Å²) in [6.07, 6.45) is 2.43. The molecule has 16 heavy (non-hydrogen) atoms. The first-order chi connectivity index (χ1) is 7.70. The molecule has 1 aromatic heterocycles. The maximum atomic E-state index is 5.34. The molecule has 5 nitrogen and oxygen atoms in total. The Morgan fingerprint density at radius 3 is 2.81 bits per heavy atom. The predicted octanol–water partition coefficient (Wildman–Crippen LogP) is 1.67. The van der Waals surface area contributed by atoms with E-state index >= 15 is 0 Å². The highest BCUT2D eigenvalue weighted by molar-refractivity contribution is 4.93. The molecular weight excluding hydrogens is 206 g/mol. The van der Waals surface area contributed by atoms with E-state index in [1.54, 1.807) is 7.11 Å². The quantitative estimate of drug-likeness (QED) is 0.798. The average molecular weight is 225 g/mol. The van der Waals surface area contributed by atoms with E-state index < -0.39 is 0 Å². The number of hydrogen-bond acceptors (Lipinski definition) is 5. The smallest absolute Gasteiger partial charge is 0.240 e. The number of aromatic nitrogens is 2. The maximum Gasteiger partial charge on any atom is 0.240 e. The second-order valence-corrected chi connectivity index (χ2v) is 4.60. The molecule has 1 N–H and O–H groups in total. The average Bonchev–Trinajstić information content (AvgIpc) is 2.96. The molecule has 90 valence electrons. The lowest BCUT2D eigenvalue weighted by Crippen LogP contribution is -2.16. The Kier molecular flexibility index (Phi) is 3.56. The molecular formula is C11H19N3O2. The summed E-state index contributed by atoms with van der Waals surface area (Å²) in [7, 11) is 1.67. The van der Waals surface area contributed by atoms with Crippen molar-refractivity contribution in [2.75, 3.05) is 7.11 Å². The summed E-state index contributed by atoms with van der Waals surface area (Å²) >= 11 is 0. The Balaban J connectivity index is 1.93. The van der Waals surface area contributed by atoms with Crippen LogP contribution in [0.2, 0.25) is 0 Å². The number of hydrogen-bond donors (Lipinski definition) is 1. The molecule has 0 bridgehead atoms. The van der Waals surface area contributed by atoms with Crippen LogP contribution >= 0.6 is 0 Å². The van der Waals surface area contributed by atoms with Crippen LogP contribution in [0.1, 0.15) is 44.5 Å². The predicted molar refractivity (Wildman–Crippen MR) is 58.7 cm³/mol. The normalized spacial score (nSPS) is 18.0. The molecule has 0 saturated heterocycles. The maximum absolute atomic E-state index is 5.34. The van der Waals surface area contributed by atoms with Gasteiger partial charge in [0.05, 0.1) is 6.54 Å². The molecule has 1 heterocycles. The third kappa shape index (κ3) is 2.80. The number of nitrogens with one attached hydrogen (secondary N) is 1. The highest BCUT2D eigenvalue weighted by Gasteiger charge is 2.23. The molecule has 5 heteroatoms. The van der Waals surface area contributed by atoms with Gasteiger partial charge in [0.2, 0.25) is 11.7 Å². The molecule has 1 aliphatic rings. The molecule has 0 aliphatic heterocycles. The molecule has 1 fully saturated rings. The summed E-state index contributed by atoms with van der Waals surface area (Å²) < 4.78 is 10.5. The summed E-state index contributed by atoms with van der Waals surface area (Å²) in [4.78, 5) is 4.34. The molecule has 1 aliphatic carbocycles. The zero-order valence-electron chi connectivity index (χ0n) is 10.1. The minimum absolute atomic E-state index is 0.0848. The lowest BCUT2D eigenvalue weighted by molar-refractivity contribution is 0.0555. The van der Waals surface area contributed by atoms with Crippen LogP contribution in [0.4, 0.5) is 0 Å². The van der Waals surface area contributed by atoms with Crippen LogP contribution in [-0.2, 0) is 11.3 Å². The zero-order valence-corrected chi connectivity index (χ0v) is 10.1. The summed E-state index contributed by atoms with van der Waals surface area (Å²) in [5.41, 5.74) is 0. The van der Waals surface area contributed by atoms with Gasteiger partial charge in [-0.25, -0.2) is 0 Å². The van der Waals surface area contributed by atoms with Crippen molar-refractivity contribution in [3.63, 3.8) is 0 Å². The van der Waals surface area contributed by atoms with E-state index in [9.17, 15) is 0 Å². The summed E-state index contributed by atoms with van der Waals surface area (Å²) in [6.45, 7) is 4.81. The van der Waals surface area contributed by atoms with Crippen LogP contribution in [0.3, 0.4) is 0 Å². The zero-order chi connectivity index (χ0) is 11.5. The van der Waals surface area contributed by atoms with Crippen molar-refractivity contribution >= 4 is 0 Å². The van der Waals surface area contributed by atoms with E-state index in [0.717, 1.165) is 0 Å². The minimum atomic E-state index is -0.0848. The monoisotopic (exact) mass is 225 g/mol. The van der Waals surface area contributed by atoms with Crippen LogP contribution < -0.4 is 5.32 Å². The van der Waals surface area contributed by atoms with E-state index in [1.807, 2.05) is 0 Å². The minimum Gasteiger partial charge on any atom is -0.373 e. The molecule has 0 radical (unpaired) electrons. The van der Waals surface area contributed by atoms with Crippen LogP contribution in [0, 0.1) is 5.92 Å². The molecule has 0 aromatic carbocycles. The van der Waals surface area contributed by atoms with Gasteiger partial charge in [0.25, 0.3) is 0 Å². The Bertz CT molecular complexity index is 334. The number of ether oxygens (including phenoxy) is 1. The van der Waals surface area contributed by atoms with Crippen molar-refractivity contribution in [2.45, 2.75) is 45.4 Å². The summed E-state index contributed by atoms with van der Waals surface area (Å²) in [5.74, 6) is 1.63. The van der Waals surface area contributed by atoms with E-state index in [4.69, 9.17) is 9.26 Å². The summed E-state index contributed by atoms with van der Waals surface area (Å²) in [6, 6.07) is 0.652. The van der Waals surface area contributed by atoms with E-state index in [2.05, 4.69) is 29.3 Å². The van der Waals surface area contributed by atoms with Crippen molar-refractivity contribution in [3.05, 3.63) is 11.7 Å². The van der Waals surface area contributed by atoms with Crippen LogP contribution in [0.25, 0.3) is 0 Å². The van der Waals surface area contributed by atoms with Gasteiger partial charge in [0, 0.05) is 13.2 Å². The van der Waals surface area contributed by atoms with Crippen molar-refractivity contribution in [3.8, 4) is 0 Å². The van der Waals surface area contributed by atoms with Crippen molar-refractivity contribution < 1.29 is 9.26 Å². The first-order valence-electron chi connectivity index (χ1n) is 5.79. The molecule has 1 unspecified atom stereocenters. The fraction of sp³-hybridized carbons (Fsp3) is 0.818. The van der Waals surface area contributed by atoms with Gasteiger partial charge in [-0.2, -0.15) is 4.98 Å². The molecule has 2 rings (SSSR count). The van der Waals surface area contributed by atoms with Gasteiger partial charge >= 0.3 is 0 Å². The van der Waals surface area contributed by atoms with Crippen molar-refractivity contribution in [2.24, 2.45) is 5.92 Å². The van der Waals surface area contributed by atoms with E-state index in [0.29, 0.717) is 30.2 Å². The fourth-order valence-corrected chi connectivity index (χ4v) is 1.65. The molecule has 1 saturated carbocycles.